The number of methoxy groups -OCH3 is 1. The Morgan fingerprint density at radius 2 is 1.80 bits per heavy atom. The molecular weight excluding hydrogens is 254 g/mol. The first kappa shape index (κ1) is 18.7. The number of nitrogens with one attached hydrogen (secondary N) is 2. The van der Waals surface area contributed by atoms with Gasteiger partial charge in [0.25, 0.3) is 0 Å². The molecule has 0 saturated heterocycles. The summed E-state index contributed by atoms with van der Waals surface area (Å²) in [6.07, 6.45) is 4.69. The SMILES string of the molecule is CN=C(NCCCCCCC(=O)OC)NC(C)C(C)C. The second-order valence-corrected chi connectivity index (χ2v) is 5.42. The van der Waals surface area contributed by atoms with Gasteiger partial charge in [0.05, 0.1) is 7.11 Å². The van der Waals surface area contributed by atoms with E-state index in [4.69, 9.17) is 0 Å². The van der Waals surface area contributed by atoms with Gasteiger partial charge in [0.1, 0.15) is 0 Å². The maximum Gasteiger partial charge on any atom is 0.305 e. The number of hydrogen-bond donors (Lipinski definition) is 2. The number of aliphatic imine (C=N–C) groups is 1. The van der Waals surface area contributed by atoms with Crippen LogP contribution in [-0.2, 0) is 9.53 Å². The van der Waals surface area contributed by atoms with Crippen LogP contribution in [0.4, 0.5) is 0 Å². The van der Waals surface area contributed by atoms with E-state index in [0.717, 1.165) is 38.2 Å². The highest BCUT2D eigenvalue weighted by Crippen LogP contribution is 2.03. The zero-order chi connectivity index (χ0) is 15.4. The Balaban J connectivity index is 3.60. The summed E-state index contributed by atoms with van der Waals surface area (Å²) in [7, 11) is 3.22. The van der Waals surface area contributed by atoms with Gasteiger partial charge in [0.2, 0.25) is 0 Å². The molecule has 1 unspecified atom stereocenters. The molecule has 20 heavy (non-hydrogen) atoms. The highest BCUT2D eigenvalue weighted by atomic mass is 16.5. The van der Waals surface area contributed by atoms with Gasteiger partial charge < -0.3 is 15.4 Å². The Morgan fingerprint density at radius 3 is 2.35 bits per heavy atom. The minimum atomic E-state index is -0.115. The van der Waals surface area contributed by atoms with E-state index >= 15 is 0 Å². The molecule has 0 amide bonds. The smallest absolute Gasteiger partial charge is 0.305 e. The third kappa shape index (κ3) is 9.64. The van der Waals surface area contributed by atoms with Crippen molar-refractivity contribution in [1.82, 2.24) is 10.6 Å². The third-order valence-corrected chi connectivity index (χ3v) is 3.42. The van der Waals surface area contributed by atoms with Crippen molar-refractivity contribution in [2.24, 2.45) is 10.9 Å². The van der Waals surface area contributed by atoms with E-state index in [0.29, 0.717) is 18.4 Å². The summed E-state index contributed by atoms with van der Waals surface area (Å²) >= 11 is 0. The van der Waals surface area contributed by atoms with Crippen molar-refractivity contribution in [3.63, 3.8) is 0 Å². The summed E-state index contributed by atoms with van der Waals surface area (Å²) in [5, 5.41) is 6.68. The zero-order valence-electron chi connectivity index (χ0n) is 13.7. The fourth-order valence-corrected chi connectivity index (χ4v) is 1.63. The fraction of sp³-hybridized carbons (Fsp3) is 0.867. The Bertz CT molecular complexity index is 291. The van der Waals surface area contributed by atoms with E-state index in [1.54, 1.807) is 7.05 Å². The summed E-state index contributed by atoms with van der Waals surface area (Å²) in [5.41, 5.74) is 0. The minimum absolute atomic E-state index is 0.115. The third-order valence-electron chi connectivity index (χ3n) is 3.42. The van der Waals surface area contributed by atoms with Crippen LogP contribution in [0, 0.1) is 5.92 Å². The van der Waals surface area contributed by atoms with Crippen LogP contribution in [0.15, 0.2) is 4.99 Å². The predicted molar refractivity (Wildman–Crippen MR) is 83.9 cm³/mol. The van der Waals surface area contributed by atoms with Crippen molar-refractivity contribution in [2.45, 2.75) is 58.9 Å². The molecule has 0 aromatic heterocycles. The van der Waals surface area contributed by atoms with Crippen molar-refractivity contribution in [3.05, 3.63) is 0 Å². The van der Waals surface area contributed by atoms with Gasteiger partial charge in [-0.15, -0.1) is 0 Å². The monoisotopic (exact) mass is 285 g/mol. The van der Waals surface area contributed by atoms with E-state index in [1.807, 2.05) is 0 Å². The number of rotatable bonds is 9. The van der Waals surface area contributed by atoms with Gasteiger partial charge >= 0.3 is 5.97 Å². The number of esters is 1. The summed E-state index contributed by atoms with van der Waals surface area (Å²) < 4.78 is 4.60. The molecule has 0 radical (unpaired) electrons. The number of carbonyl (C=O) groups excluding carboxylic acids is 1. The maximum absolute atomic E-state index is 10.9. The van der Waals surface area contributed by atoms with Crippen LogP contribution in [-0.4, -0.2) is 38.7 Å². The molecule has 5 heteroatoms. The van der Waals surface area contributed by atoms with Gasteiger partial charge in [-0.25, -0.2) is 0 Å². The van der Waals surface area contributed by atoms with Crippen LogP contribution >= 0.6 is 0 Å². The lowest BCUT2D eigenvalue weighted by molar-refractivity contribution is -0.140. The number of ether oxygens (including phenoxy) is 1. The lowest BCUT2D eigenvalue weighted by Gasteiger charge is -2.20. The van der Waals surface area contributed by atoms with Crippen molar-refractivity contribution in [1.29, 1.82) is 0 Å². The number of carbonyl (C=O) groups is 1. The molecule has 1 atom stereocenters. The van der Waals surface area contributed by atoms with Crippen LogP contribution in [0.5, 0.6) is 0 Å². The highest BCUT2D eigenvalue weighted by molar-refractivity contribution is 5.79. The predicted octanol–water partition coefficient (Wildman–Crippen LogP) is 2.32. The van der Waals surface area contributed by atoms with Gasteiger partial charge in [0.15, 0.2) is 5.96 Å². The molecule has 0 aliphatic heterocycles. The molecule has 2 N–H and O–H groups in total. The molecule has 118 valence electrons. The van der Waals surface area contributed by atoms with Crippen LogP contribution in [0.25, 0.3) is 0 Å². The minimum Gasteiger partial charge on any atom is -0.469 e. The lowest BCUT2D eigenvalue weighted by Crippen LogP contribution is -2.44. The van der Waals surface area contributed by atoms with Crippen molar-refractivity contribution in [2.75, 3.05) is 20.7 Å². The van der Waals surface area contributed by atoms with Gasteiger partial charge in [-0.3, -0.25) is 9.79 Å². The normalized spacial score (nSPS) is 13.2. The average Bonchev–Trinajstić information content (AvgIpc) is 2.44. The lowest BCUT2D eigenvalue weighted by atomic mass is 10.1. The number of hydrogen-bond acceptors (Lipinski definition) is 3. The van der Waals surface area contributed by atoms with E-state index in [-0.39, 0.29) is 5.97 Å². The van der Waals surface area contributed by atoms with Gasteiger partial charge in [-0.2, -0.15) is 0 Å². The maximum atomic E-state index is 10.9. The first-order valence-electron chi connectivity index (χ1n) is 7.55. The highest BCUT2D eigenvalue weighted by Gasteiger charge is 2.08. The van der Waals surface area contributed by atoms with Gasteiger partial charge in [-0.05, 0) is 25.7 Å². The Kier molecular flexibility index (Phi) is 10.8. The molecule has 0 spiro atoms. The summed E-state index contributed by atoms with van der Waals surface area (Å²) in [6, 6.07) is 0.404. The van der Waals surface area contributed by atoms with Gasteiger partial charge in [-0.1, -0.05) is 26.7 Å². The second kappa shape index (κ2) is 11.6. The molecule has 0 aromatic carbocycles. The molecule has 0 fully saturated rings. The molecule has 0 aromatic rings. The molecule has 0 rings (SSSR count). The van der Waals surface area contributed by atoms with Crippen LogP contribution in [0.3, 0.4) is 0 Å². The number of unbranched alkanes of at least 4 members (excludes halogenated alkanes) is 3. The van der Waals surface area contributed by atoms with Gasteiger partial charge in [0, 0.05) is 26.1 Å². The number of nitrogens with zero attached hydrogens (tertiary/aromatic N) is 1. The average molecular weight is 285 g/mol. The summed E-state index contributed by atoms with van der Waals surface area (Å²) in [4.78, 5) is 15.1. The Morgan fingerprint density at radius 1 is 1.15 bits per heavy atom. The molecule has 0 aliphatic carbocycles. The van der Waals surface area contributed by atoms with E-state index in [1.165, 1.54) is 7.11 Å². The molecule has 0 aliphatic rings. The topological polar surface area (TPSA) is 62.7 Å². The molecule has 0 bridgehead atoms. The number of guanidine groups is 1. The molecule has 5 nitrogen and oxygen atoms in total. The molecule has 0 heterocycles. The first-order valence-corrected chi connectivity index (χ1v) is 7.55. The fourth-order valence-electron chi connectivity index (χ4n) is 1.63. The van der Waals surface area contributed by atoms with E-state index in [9.17, 15) is 4.79 Å². The quantitative estimate of drug-likeness (QED) is 0.295. The standard InChI is InChI=1S/C15H31N3O2/c1-12(2)13(3)18-15(16-4)17-11-9-7-6-8-10-14(19)20-5/h12-13H,6-11H2,1-5H3,(H2,16,17,18). The summed E-state index contributed by atoms with van der Waals surface area (Å²) in [6.45, 7) is 7.44. The van der Waals surface area contributed by atoms with Crippen molar-refractivity contribution < 1.29 is 9.53 Å². The van der Waals surface area contributed by atoms with E-state index in [2.05, 4.69) is 41.1 Å². The molecule has 0 saturated carbocycles. The molecular formula is C15H31N3O2. The second-order valence-electron chi connectivity index (χ2n) is 5.42. The largest absolute Gasteiger partial charge is 0.469 e. The van der Waals surface area contributed by atoms with Crippen molar-refractivity contribution in [3.8, 4) is 0 Å². The van der Waals surface area contributed by atoms with Crippen LogP contribution in [0.2, 0.25) is 0 Å². The van der Waals surface area contributed by atoms with Crippen LogP contribution in [0.1, 0.15) is 52.9 Å². The first-order chi connectivity index (χ1) is 9.51. The van der Waals surface area contributed by atoms with E-state index < -0.39 is 0 Å². The van der Waals surface area contributed by atoms with Crippen molar-refractivity contribution >= 4 is 11.9 Å². The summed E-state index contributed by atoms with van der Waals surface area (Å²) in [5.74, 6) is 1.32. The van der Waals surface area contributed by atoms with Crippen LogP contribution < -0.4 is 10.6 Å². The zero-order valence-corrected chi connectivity index (χ0v) is 13.7. The Hall–Kier alpha value is -1.26. The Labute approximate surface area is 123 Å².